The van der Waals surface area contributed by atoms with Crippen LogP contribution in [0.5, 0.6) is 5.75 Å². The molecule has 3 rings (SSSR count). The zero-order valence-corrected chi connectivity index (χ0v) is 11.6. The molecule has 1 aromatic heterocycles. The van der Waals surface area contributed by atoms with Crippen molar-refractivity contribution in [2.45, 2.75) is 32.4 Å². The van der Waals surface area contributed by atoms with Crippen LogP contribution in [0.4, 0.5) is 14.7 Å². The molecular formula is C14H16F2N4O. The number of rotatable bonds is 4. The summed E-state index contributed by atoms with van der Waals surface area (Å²) in [7, 11) is 0. The van der Waals surface area contributed by atoms with Crippen molar-refractivity contribution in [1.82, 2.24) is 14.8 Å². The van der Waals surface area contributed by atoms with Crippen molar-refractivity contribution < 1.29 is 13.5 Å². The zero-order chi connectivity index (χ0) is 14.8. The number of benzene rings is 1. The van der Waals surface area contributed by atoms with E-state index in [1.807, 2.05) is 11.6 Å². The highest BCUT2D eigenvalue weighted by molar-refractivity contribution is 5.35. The predicted octanol–water partition coefficient (Wildman–Crippen LogP) is 2.85. The van der Waals surface area contributed by atoms with Gasteiger partial charge in [0.1, 0.15) is 5.75 Å². The Morgan fingerprint density at radius 3 is 2.81 bits per heavy atom. The van der Waals surface area contributed by atoms with Gasteiger partial charge in [-0.25, -0.2) is 4.68 Å². The van der Waals surface area contributed by atoms with Gasteiger partial charge in [-0.15, -0.1) is 0 Å². The second-order valence-corrected chi connectivity index (χ2v) is 4.83. The van der Waals surface area contributed by atoms with Crippen LogP contribution in [-0.4, -0.2) is 27.9 Å². The number of nitrogens with zero attached hydrogens (tertiary/aromatic N) is 3. The highest BCUT2D eigenvalue weighted by Crippen LogP contribution is 2.29. The van der Waals surface area contributed by atoms with E-state index in [1.54, 1.807) is 24.3 Å². The Balaban J connectivity index is 1.86. The van der Waals surface area contributed by atoms with Crippen molar-refractivity contribution >= 4 is 5.95 Å². The fourth-order valence-corrected chi connectivity index (χ4v) is 2.48. The Morgan fingerprint density at radius 1 is 1.38 bits per heavy atom. The lowest BCUT2D eigenvalue weighted by atomic mass is 10.0. The highest BCUT2D eigenvalue weighted by Gasteiger charge is 2.24. The number of ether oxygens (including phenoxy) is 1. The van der Waals surface area contributed by atoms with Crippen LogP contribution in [0.2, 0.25) is 0 Å². The zero-order valence-electron chi connectivity index (χ0n) is 11.6. The Bertz CT molecular complexity index is 612. The van der Waals surface area contributed by atoms with Crippen molar-refractivity contribution in [2.75, 3.05) is 11.9 Å². The molecule has 1 aliphatic rings. The molecule has 7 heteroatoms. The van der Waals surface area contributed by atoms with Crippen LogP contribution in [0.1, 0.15) is 30.8 Å². The van der Waals surface area contributed by atoms with E-state index in [1.165, 1.54) is 0 Å². The molecule has 0 aliphatic carbocycles. The fraction of sp³-hybridized carbons (Fsp3) is 0.429. The molecule has 1 aromatic carbocycles. The number of fused-ring (bicyclic) bond motifs is 1. The lowest BCUT2D eigenvalue weighted by Gasteiger charge is -2.24. The van der Waals surface area contributed by atoms with Crippen molar-refractivity contribution in [3.63, 3.8) is 0 Å². The summed E-state index contributed by atoms with van der Waals surface area (Å²) in [5, 5.41) is 7.71. The number of hydrogen-bond acceptors (Lipinski definition) is 4. The van der Waals surface area contributed by atoms with Crippen molar-refractivity contribution in [1.29, 1.82) is 0 Å². The van der Waals surface area contributed by atoms with E-state index >= 15 is 0 Å². The van der Waals surface area contributed by atoms with Crippen molar-refractivity contribution in [3.8, 4) is 5.75 Å². The molecule has 1 aliphatic heterocycles. The molecule has 2 heterocycles. The Kier molecular flexibility index (Phi) is 3.72. The first-order valence-corrected chi connectivity index (χ1v) is 6.91. The summed E-state index contributed by atoms with van der Waals surface area (Å²) in [5.41, 5.74) is 1.01. The van der Waals surface area contributed by atoms with Gasteiger partial charge in [0.05, 0.1) is 6.04 Å². The van der Waals surface area contributed by atoms with E-state index < -0.39 is 6.61 Å². The van der Waals surface area contributed by atoms with Gasteiger partial charge in [-0.2, -0.15) is 18.9 Å². The molecular weight excluding hydrogens is 278 g/mol. The van der Waals surface area contributed by atoms with Crippen LogP contribution in [0.15, 0.2) is 24.3 Å². The molecule has 5 nitrogen and oxygen atoms in total. The van der Waals surface area contributed by atoms with Gasteiger partial charge < -0.3 is 10.1 Å². The van der Waals surface area contributed by atoms with Crippen LogP contribution in [-0.2, 0) is 6.42 Å². The minimum atomic E-state index is -2.80. The Morgan fingerprint density at radius 2 is 2.14 bits per heavy atom. The predicted molar refractivity (Wildman–Crippen MR) is 73.7 cm³/mol. The first-order valence-electron chi connectivity index (χ1n) is 6.91. The minimum absolute atomic E-state index is 0.0645. The average Bonchev–Trinajstić information content (AvgIpc) is 2.90. The third-order valence-corrected chi connectivity index (χ3v) is 3.48. The fourth-order valence-electron chi connectivity index (χ4n) is 2.48. The number of halogens is 2. The number of anilines is 1. The lowest BCUT2D eigenvalue weighted by Crippen LogP contribution is -2.24. The van der Waals surface area contributed by atoms with Crippen LogP contribution in [0, 0.1) is 0 Å². The maximum atomic E-state index is 12.2. The second kappa shape index (κ2) is 5.67. The molecule has 112 valence electrons. The molecule has 0 spiro atoms. The first-order chi connectivity index (χ1) is 10.2. The van der Waals surface area contributed by atoms with Crippen LogP contribution >= 0.6 is 0 Å². The van der Waals surface area contributed by atoms with Gasteiger partial charge in [0.25, 0.3) is 0 Å². The van der Waals surface area contributed by atoms with Crippen LogP contribution in [0.25, 0.3) is 0 Å². The number of hydrogen-bond donors (Lipinski definition) is 1. The van der Waals surface area contributed by atoms with E-state index in [9.17, 15) is 8.78 Å². The monoisotopic (exact) mass is 294 g/mol. The molecule has 0 amide bonds. The molecule has 0 saturated heterocycles. The molecule has 21 heavy (non-hydrogen) atoms. The quantitative estimate of drug-likeness (QED) is 0.942. The van der Waals surface area contributed by atoms with Gasteiger partial charge in [0.2, 0.25) is 5.95 Å². The smallest absolute Gasteiger partial charge is 0.387 e. The van der Waals surface area contributed by atoms with Crippen LogP contribution < -0.4 is 10.1 Å². The second-order valence-electron chi connectivity index (χ2n) is 4.83. The highest BCUT2D eigenvalue weighted by atomic mass is 19.3. The number of aryl methyl sites for hydroxylation is 1. The van der Waals surface area contributed by atoms with Gasteiger partial charge in [0.15, 0.2) is 5.82 Å². The summed E-state index contributed by atoms with van der Waals surface area (Å²) in [6.45, 7) is 0.0120. The Labute approximate surface area is 120 Å². The number of nitrogens with one attached hydrogen (secondary N) is 1. The van der Waals surface area contributed by atoms with E-state index in [0.29, 0.717) is 0 Å². The maximum Gasteiger partial charge on any atom is 0.387 e. The normalized spacial score (nSPS) is 17.4. The summed E-state index contributed by atoms with van der Waals surface area (Å²) in [6.07, 6.45) is 1.64. The summed E-state index contributed by atoms with van der Waals surface area (Å²) in [4.78, 5) is 4.42. The van der Waals surface area contributed by atoms with Crippen molar-refractivity contribution in [2.24, 2.45) is 0 Å². The molecule has 2 aromatic rings. The van der Waals surface area contributed by atoms with E-state index in [2.05, 4.69) is 20.1 Å². The van der Waals surface area contributed by atoms with E-state index in [4.69, 9.17) is 0 Å². The molecule has 1 atom stereocenters. The maximum absolute atomic E-state index is 12.2. The van der Waals surface area contributed by atoms with Gasteiger partial charge in [-0.3, -0.25) is 0 Å². The Hall–Kier alpha value is -2.18. The molecule has 0 saturated carbocycles. The SMILES string of the molecule is CCc1nc2n(n1)C(c1ccc(OC(F)F)cc1)CCN2. The third-order valence-electron chi connectivity index (χ3n) is 3.48. The molecule has 1 unspecified atom stereocenters. The average molecular weight is 294 g/mol. The van der Waals surface area contributed by atoms with E-state index in [0.717, 1.165) is 36.7 Å². The summed E-state index contributed by atoms with van der Waals surface area (Å²) < 4.78 is 30.6. The summed E-state index contributed by atoms with van der Waals surface area (Å²) in [5.74, 6) is 1.72. The largest absolute Gasteiger partial charge is 0.435 e. The van der Waals surface area contributed by atoms with Crippen molar-refractivity contribution in [3.05, 3.63) is 35.7 Å². The third kappa shape index (κ3) is 2.81. The first kappa shape index (κ1) is 13.8. The summed E-state index contributed by atoms with van der Waals surface area (Å²) in [6, 6.07) is 6.77. The lowest BCUT2D eigenvalue weighted by molar-refractivity contribution is -0.0498. The number of aromatic nitrogens is 3. The van der Waals surface area contributed by atoms with Gasteiger partial charge in [-0.05, 0) is 24.1 Å². The van der Waals surface area contributed by atoms with Crippen LogP contribution in [0.3, 0.4) is 0 Å². The molecule has 0 bridgehead atoms. The minimum Gasteiger partial charge on any atom is -0.435 e. The standard InChI is InChI=1S/C14H16F2N4O/c1-2-12-18-14-17-8-7-11(20(14)19-12)9-3-5-10(6-4-9)21-13(15)16/h3-6,11,13H,2,7-8H2,1H3,(H,17,18,19). The molecule has 0 fully saturated rings. The number of alkyl halides is 2. The summed E-state index contributed by atoms with van der Waals surface area (Å²) >= 11 is 0. The van der Waals surface area contributed by atoms with E-state index in [-0.39, 0.29) is 11.8 Å². The molecule has 1 N–H and O–H groups in total. The van der Waals surface area contributed by atoms with Gasteiger partial charge in [0, 0.05) is 13.0 Å². The van der Waals surface area contributed by atoms with Gasteiger partial charge >= 0.3 is 6.61 Å². The van der Waals surface area contributed by atoms with Gasteiger partial charge in [-0.1, -0.05) is 19.1 Å². The topological polar surface area (TPSA) is 52.0 Å². The molecule has 0 radical (unpaired) electrons.